The summed E-state index contributed by atoms with van der Waals surface area (Å²) in [7, 11) is 1.30. The molecule has 47 heavy (non-hydrogen) atoms. The van der Waals surface area contributed by atoms with Crippen LogP contribution in [0, 0.1) is 11.8 Å². The summed E-state index contributed by atoms with van der Waals surface area (Å²) in [6, 6.07) is 5.09. The Kier molecular flexibility index (Phi) is 11.9. The number of hydrogen-bond acceptors (Lipinski definition) is 6. The molecule has 1 N–H and O–H groups in total. The highest BCUT2D eigenvalue weighted by Crippen LogP contribution is 2.46. The standard InChI is InChI=1S/C35H45Br2ClN4O5/c1-35(2,3)47-20-28(33(44)46-4)40-34(45)42-11-7-21(8-12-42)15-29(43)41-13-9-22(10-14-41)31-30-23(17-26(38)18-27(30)37)5-6-24-16-25(36)19-39-32(24)31/h16-19,21-22,28,31H,5-15,20H2,1-4H3,(H,40,45)/t28?,31-/m1/s1. The number of piperidine rings is 2. The Balaban J connectivity index is 1.15. The highest BCUT2D eigenvalue weighted by molar-refractivity contribution is 9.10. The fourth-order valence-electron chi connectivity index (χ4n) is 7.11. The molecule has 5 rings (SSSR count). The van der Waals surface area contributed by atoms with Crippen molar-refractivity contribution < 1.29 is 23.9 Å². The third kappa shape index (κ3) is 9.08. The SMILES string of the molecule is COC(=O)C(COC(C)(C)C)NC(=O)N1CCC(CC(=O)N2CCC([C@H]3c4ncc(Br)cc4CCc4cc(Cl)cc(Br)c43)CC2)CC1. The van der Waals surface area contributed by atoms with Crippen molar-refractivity contribution in [3.05, 3.63) is 60.7 Å². The number of aryl methyl sites for hydroxylation is 2. The van der Waals surface area contributed by atoms with Crippen molar-refractivity contribution >= 4 is 61.4 Å². The predicted octanol–water partition coefficient (Wildman–Crippen LogP) is 6.90. The second-order valence-corrected chi connectivity index (χ2v) is 16.1. The van der Waals surface area contributed by atoms with Gasteiger partial charge in [-0.1, -0.05) is 27.5 Å². The molecular weight excluding hydrogens is 752 g/mol. The van der Waals surface area contributed by atoms with Crippen LogP contribution in [0.4, 0.5) is 4.79 Å². The number of urea groups is 1. The lowest BCUT2D eigenvalue weighted by Gasteiger charge is -2.38. The molecular formula is C35H45Br2ClN4O5. The number of carbonyl (C=O) groups is 3. The second kappa shape index (κ2) is 15.6. The molecule has 1 aromatic heterocycles. The lowest BCUT2D eigenvalue weighted by molar-refractivity contribution is -0.146. The maximum atomic E-state index is 13.5. The fraction of sp³-hybridized carbons (Fsp3) is 0.600. The number of ether oxygens (including phenoxy) is 2. The summed E-state index contributed by atoms with van der Waals surface area (Å²) < 4.78 is 12.6. The number of esters is 1. The molecule has 1 aliphatic carbocycles. The van der Waals surface area contributed by atoms with E-state index >= 15 is 0 Å². The summed E-state index contributed by atoms with van der Waals surface area (Å²) in [4.78, 5) is 47.4. The molecule has 256 valence electrons. The Labute approximate surface area is 299 Å². The van der Waals surface area contributed by atoms with Crippen LogP contribution in [-0.4, -0.2) is 84.2 Å². The van der Waals surface area contributed by atoms with E-state index in [4.69, 9.17) is 26.1 Å². The zero-order chi connectivity index (χ0) is 33.9. The molecule has 0 saturated carbocycles. The number of methoxy groups -OCH3 is 1. The molecule has 2 atom stereocenters. The maximum Gasteiger partial charge on any atom is 0.330 e. The predicted molar refractivity (Wildman–Crippen MR) is 189 cm³/mol. The van der Waals surface area contributed by atoms with Gasteiger partial charge in [-0.15, -0.1) is 0 Å². The van der Waals surface area contributed by atoms with Gasteiger partial charge >= 0.3 is 12.0 Å². The number of fused-ring (bicyclic) bond motifs is 2. The molecule has 2 aromatic rings. The Morgan fingerprint density at radius 2 is 1.66 bits per heavy atom. The molecule has 3 heterocycles. The number of amides is 3. The van der Waals surface area contributed by atoms with Gasteiger partial charge in [0, 0.05) is 58.7 Å². The first-order valence-electron chi connectivity index (χ1n) is 16.5. The molecule has 1 unspecified atom stereocenters. The second-order valence-electron chi connectivity index (χ2n) is 13.9. The molecule has 1 aromatic carbocycles. The minimum absolute atomic E-state index is 0.0310. The number of nitrogens with one attached hydrogen (secondary N) is 1. The minimum Gasteiger partial charge on any atom is -0.467 e. The van der Waals surface area contributed by atoms with Crippen LogP contribution in [0.5, 0.6) is 0 Å². The van der Waals surface area contributed by atoms with Gasteiger partial charge in [0.05, 0.1) is 25.0 Å². The van der Waals surface area contributed by atoms with Crippen molar-refractivity contribution in [3.8, 4) is 0 Å². The van der Waals surface area contributed by atoms with Gasteiger partial charge in [0.2, 0.25) is 5.91 Å². The number of aromatic nitrogens is 1. The normalized spacial score (nSPS) is 19.8. The van der Waals surface area contributed by atoms with E-state index in [9.17, 15) is 14.4 Å². The molecule has 0 bridgehead atoms. The van der Waals surface area contributed by atoms with E-state index in [-0.39, 0.29) is 30.4 Å². The van der Waals surface area contributed by atoms with E-state index in [0.717, 1.165) is 71.3 Å². The Morgan fingerprint density at radius 3 is 2.32 bits per heavy atom. The molecule has 9 nitrogen and oxygen atoms in total. The number of hydrogen-bond donors (Lipinski definition) is 1. The molecule has 3 amide bonds. The Morgan fingerprint density at radius 1 is 1.00 bits per heavy atom. The third-order valence-corrected chi connectivity index (χ3v) is 10.9. The monoisotopic (exact) mass is 794 g/mol. The molecule has 12 heteroatoms. The number of pyridine rings is 1. The molecule has 0 spiro atoms. The van der Waals surface area contributed by atoms with E-state index in [2.05, 4.69) is 49.3 Å². The number of carbonyl (C=O) groups excluding carboxylic acids is 3. The summed E-state index contributed by atoms with van der Waals surface area (Å²) >= 11 is 13.9. The quantitative estimate of drug-likeness (QED) is 0.307. The maximum absolute atomic E-state index is 13.5. The smallest absolute Gasteiger partial charge is 0.330 e. The van der Waals surface area contributed by atoms with Crippen LogP contribution in [0.25, 0.3) is 0 Å². The van der Waals surface area contributed by atoms with Gasteiger partial charge in [0.1, 0.15) is 0 Å². The summed E-state index contributed by atoms with van der Waals surface area (Å²) in [6.45, 7) is 8.20. The van der Waals surface area contributed by atoms with E-state index in [1.807, 2.05) is 37.9 Å². The number of halogens is 3. The van der Waals surface area contributed by atoms with Gasteiger partial charge in [-0.05, 0) is 122 Å². The largest absolute Gasteiger partial charge is 0.467 e. The van der Waals surface area contributed by atoms with Crippen molar-refractivity contribution in [2.75, 3.05) is 39.9 Å². The van der Waals surface area contributed by atoms with Crippen LogP contribution in [0.1, 0.15) is 81.2 Å². The van der Waals surface area contributed by atoms with Crippen molar-refractivity contribution in [1.29, 1.82) is 0 Å². The number of nitrogens with zero attached hydrogens (tertiary/aromatic N) is 3. The minimum atomic E-state index is -0.884. The molecule has 2 aliphatic heterocycles. The summed E-state index contributed by atoms with van der Waals surface area (Å²) in [5, 5.41) is 3.50. The van der Waals surface area contributed by atoms with Gasteiger partial charge in [0.25, 0.3) is 0 Å². The first-order chi connectivity index (χ1) is 22.3. The van der Waals surface area contributed by atoms with Crippen LogP contribution in [0.15, 0.2) is 33.3 Å². The van der Waals surface area contributed by atoms with Crippen molar-refractivity contribution in [2.45, 2.75) is 83.3 Å². The summed E-state index contributed by atoms with van der Waals surface area (Å²) in [5.41, 5.74) is 4.49. The van der Waals surface area contributed by atoms with Gasteiger partial charge < -0.3 is 24.6 Å². The van der Waals surface area contributed by atoms with Crippen LogP contribution in [0.2, 0.25) is 5.02 Å². The number of benzene rings is 1. The molecule has 2 fully saturated rings. The average Bonchev–Trinajstić information content (AvgIpc) is 3.19. The Bertz CT molecular complexity index is 1470. The lowest BCUT2D eigenvalue weighted by atomic mass is 9.76. The highest BCUT2D eigenvalue weighted by Gasteiger charge is 2.37. The Hall–Kier alpha value is -2.21. The molecule has 2 saturated heterocycles. The van der Waals surface area contributed by atoms with E-state index in [0.29, 0.717) is 25.4 Å². The number of likely N-dealkylation sites (tertiary alicyclic amines) is 2. The van der Waals surface area contributed by atoms with Gasteiger partial charge in [-0.2, -0.15) is 0 Å². The van der Waals surface area contributed by atoms with Crippen molar-refractivity contribution in [3.63, 3.8) is 0 Å². The van der Waals surface area contributed by atoms with Gasteiger partial charge in [0.15, 0.2) is 6.04 Å². The molecule has 3 aliphatic rings. The van der Waals surface area contributed by atoms with Crippen molar-refractivity contribution in [1.82, 2.24) is 20.1 Å². The van der Waals surface area contributed by atoms with E-state index < -0.39 is 17.6 Å². The first-order valence-corrected chi connectivity index (χ1v) is 18.5. The van der Waals surface area contributed by atoms with Crippen molar-refractivity contribution in [2.24, 2.45) is 11.8 Å². The first kappa shape index (κ1) is 36.1. The van der Waals surface area contributed by atoms with Crippen LogP contribution >= 0.6 is 43.5 Å². The van der Waals surface area contributed by atoms with Crippen LogP contribution < -0.4 is 5.32 Å². The summed E-state index contributed by atoms with van der Waals surface area (Å²) in [5.74, 6) is 0.349. The highest BCUT2D eigenvalue weighted by atomic mass is 79.9. The van der Waals surface area contributed by atoms with Crippen LogP contribution in [0.3, 0.4) is 0 Å². The van der Waals surface area contributed by atoms with Gasteiger partial charge in [-0.3, -0.25) is 9.78 Å². The average molecular weight is 797 g/mol. The fourth-order valence-corrected chi connectivity index (χ4v) is 8.61. The molecule has 0 radical (unpaired) electrons. The summed E-state index contributed by atoms with van der Waals surface area (Å²) in [6.07, 6.45) is 7.49. The third-order valence-electron chi connectivity index (χ3n) is 9.61. The zero-order valence-electron chi connectivity index (χ0n) is 27.6. The van der Waals surface area contributed by atoms with E-state index in [1.165, 1.54) is 23.8 Å². The lowest BCUT2D eigenvalue weighted by Crippen LogP contribution is -2.52. The topological polar surface area (TPSA) is 101 Å². The zero-order valence-corrected chi connectivity index (χ0v) is 31.5. The number of rotatable bonds is 7. The van der Waals surface area contributed by atoms with E-state index in [1.54, 1.807) is 4.90 Å². The van der Waals surface area contributed by atoms with Gasteiger partial charge in [-0.25, -0.2) is 9.59 Å². The van der Waals surface area contributed by atoms with Crippen LogP contribution in [-0.2, 0) is 31.9 Å².